The molecule has 0 aromatic heterocycles. The summed E-state index contributed by atoms with van der Waals surface area (Å²) in [6.45, 7) is 1.26. The van der Waals surface area contributed by atoms with Crippen molar-refractivity contribution in [2.45, 2.75) is 25.6 Å². The number of nitrogens with one attached hydrogen (secondary N) is 1. The highest BCUT2D eigenvalue weighted by Gasteiger charge is 2.30. The Balaban J connectivity index is 2.93. The van der Waals surface area contributed by atoms with Crippen molar-refractivity contribution < 1.29 is 22.4 Å². The second kappa shape index (κ2) is 7.09. The van der Waals surface area contributed by atoms with Gasteiger partial charge in [-0.3, -0.25) is 4.79 Å². The molecule has 1 aromatic rings. The largest absolute Gasteiger partial charge is 0.391 e. The third-order valence-corrected chi connectivity index (χ3v) is 2.47. The second-order valence-electron chi connectivity index (χ2n) is 4.39. The molecule has 3 nitrogen and oxygen atoms in total. The van der Waals surface area contributed by atoms with Gasteiger partial charge in [0.1, 0.15) is 5.82 Å². The van der Waals surface area contributed by atoms with Crippen molar-refractivity contribution in [3.63, 3.8) is 0 Å². The Kier molecular flexibility index (Phi) is 5.73. The lowest BCUT2D eigenvalue weighted by atomic mass is 10.1. The van der Waals surface area contributed by atoms with E-state index >= 15 is 0 Å². The molecule has 0 saturated heterocycles. The highest BCUT2D eigenvalue weighted by Crippen LogP contribution is 2.21. The highest BCUT2D eigenvalue weighted by molar-refractivity contribution is 5.96. The van der Waals surface area contributed by atoms with Crippen LogP contribution in [0.1, 0.15) is 29.3 Å². The molecule has 0 fully saturated rings. The summed E-state index contributed by atoms with van der Waals surface area (Å²) in [5.74, 6) is 3.59. The molecule has 21 heavy (non-hydrogen) atoms. The summed E-state index contributed by atoms with van der Waals surface area (Å²) >= 11 is 0. The monoisotopic (exact) mass is 302 g/mol. The molecule has 7 heteroatoms. The maximum absolute atomic E-state index is 13.2. The molecule has 0 aliphatic rings. The summed E-state index contributed by atoms with van der Waals surface area (Å²) in [6, 6.07) is 2.18. The van der Waals surface area contributed by atoms with Crippen LogP contribution in [-0.2, 0) is 0 Å². The molecular formula is C14H14F4N2O. The molecule has 1 amide bonds. The Labute approximate surface area is 119 Å². The van der Waals surface area contributed by atoms with E-state index in [0.717, 1.165) is 12.1 Å². The first kappa shape index (κ1) is 17.0. The molecule has 1 atom stereocenters. The van der Waals surface area contributed by atoms with E-state index in [2.05, 4.69) is 17.2 Å². The molecule has 0 aliphatic heterocycles. The quantitative estimate of drug-likeness (QED) is 0.664. The minimum absolute atomic E-state index is 0.0446. The second-order valence-corrected chi connectivity index (χ2v) is 4.39. The van der Waals surface area contributed by atoms with E-state index in [4.69, 9.17) is 5.73 Å². The summed E-state index contributed by atoms with van der Waals surface area (Å²) in [6.07, 6.45) is -5.56. The van der Waals surface area contributed by atoms with Gasteiger partial charge in [-0.15, -0.1) is 0 Å². The molecule has 1 aromatic carbocycles. The van der Waals surface area contributed by atoms with Crippen LogP contribution in [0.15, 0.2) is 18.2 Å². The molecule has 0 radical (unpaired) electrons. The van der Waals surface area contributed by atoms with E-state index in [0.29, 0.717) is 0 Å². The molecule has 0 saturated carbocycles. The van der Waals surface area contributed by atoms with Crippen LogP contribution in [0.2, 0.25) is 0 Å². The van der Waals surface area contributed by atoms with Crippen LogP contribution in [-0.4, -0.2) is 24.7 Å². The molecule has 3 N–H and O–H groups in total. The Morgan fingerprint density at radius 1 is 1.43 bits per heavy atom. The number of hydrogen-bond acceptors (Lipinski definition) is 2. The van der Waals surface area contributed by atoms with Gasteiger partial charge < -0.3 is 11.1 Å². The van der Waals surface area contributed by atoms with Crippen molar-refractivity contribution in [2.24, 2.45) is 5.73 Å². The summed E-state index contributed by atoms with van der Waals surface area (Å²) in [7, 11) is 0. The molecule has 0 bridgehead atoms. The van der Waals surface area contributed by atoms with Gasteiger partial charge in [0.2, 0.25) is 0 Å². The zero-order valence-corrected chi connectivity index (χ0v) is 11.2. The van der Waals surface area contributed by atoms with Gasteiger partial charge in [0.25, 0.3) is 5.91 Å². The van der Waals surface area contributed by atoms with Crippen molar-refractivity contribution in [3.8, 4) is 11.8 Å². The number of benzene rings is 1. The molecule has 0 heterocycles. The van der Waals surface area contributed by atoms with Crippen molar-refractivity contribution in [1.29, 1.82) is 0 Å². The Bertz CT molecular complexity index is 573. The standard InChI is InChI=1S/C14H14F4N2O/c1-9(8-14(16,17)18)20-13(21)12-7-11(15)5-4-10(12)3-2-6-19/h4-5,7,9H,6,8,19H2,1H3,(H,20,21). The van der Waals surface area contributed by atoms with E-state index in [1.54, 1.807) is 0 Å². The van der Waals surface area contributed by atoms with Crippen LogP contribution in [0.4, 0.5) is 17.6 Å². The number of rotatable bonds is 3. The fraction of sp³-hybridized carbons (Fsp3) is 0.357. The smallest absolute Gasteiger partial charge is 0.349 e. The van der Waals surface area contributed by atoms with Crippen LogP contribution < -0.4 is 11.1 Å². The van der Waals surface area contributed by atoms with Crippen molar-refractivity contribution in [1.82, 2.24) is 5.32 Å². The fourth-order valence-corrected chi connectivity index (χ4v) is 1.66. The van der Waals surface area contributed by atoms with Gasteiger partial charge in [0, 0.05) is 11.6 Å². The molecule has 1 unspecified atom stereocenters. The first-order valence-electron chi connectivity index (χ1n) is 6.09. The summed E-state index contributed by atoms with van der Waals surface area (Å²) < 4.78 is 49.9. The van der Waals surface area contributed by atoms with Gasteiger partial charge in [-0.25, -0.2) is 4.39 Å². The van der Waals surface area contributed by atoms with Crippen LogP contribution in [0.5, 0.6) is 0 Å². The maximum atomic E-state index is 13.2. The Morgan fingerprint density at radius 3 is 2.67 bits per heavy atom. The predicted octanol–water partition coefficient (Wildman–Crippen LogP) is 2.21. The number of hydrogen-bond donors (Lipinski definition) is 2. The first-order chi connectivity index (χ1) is 9.73. The number of carbonyl (C=O) groups excluding carboxylic acids is 1. The number of amides is 1. The molecule has 0 spiro atoms. The van der Waals surface area contributed by atoms with E-state index in [-0.39, 0.29) is 17.7 Å². The Hall–Kier alpha value is -2.07. The predicted molar refractivity (Wildman–Crippen MR) is 69.9 cm³/mol. The van der Waals surface area contributed by atoms with Crippen LogP contribution in [0.25, 0.3) is 0 Å². The summed E-state index contributed by atoms with van der Waals surface area (Å²) in [4.78, 5) is 11.9. The zero-order valence-electron chi connectivity index (χ0n) is 11.2. The minimum Gasteiger partial charge on any atom is -0.349 e. The number of nitrogens with two attached hydrogens (primary N) is 1. The van der Waals surface area contributed by atoms with E-state index in [1.165, 1.54) is 13.0 Å². The van der Waals surface area contributed by atoms with Gasteiger partial charge in [-0.1, -0.05) is 11.8 Å². The Morgan fingerprint density at radius 2 is 2.10 bits per heavy atom. The molecular weight excluding hydrogens is 288 g/mol. The van der Waals surface area contributed by atoms with Crippen LogP contribution in [0.3, 0.4) is 0 Å². The topological polar surface area (TPSA) is 55.1 Å². The first-order valence-corrected chi connectivity index (χ1v) is 6.09. The van der Waals surface area contributed by atoms with Gasteiger partial charge in [-0.2, -0.15) is 13.2 Å². The molecule has 0 aliphatic carbocycles. The van der Waals surface area contributed by atoms with E-state index < -0.39 is 30.4 Å². The number of alkyl halides is 3. The van der Waals surface area contributed by atoms with Gasteiger partial charge >= 0.3 is 6.18 Å². The normalized spacial score (nSPS) is 12.3. The van der Waals surface area contributed by atoms with Crippen LogP contribution >= 0.6 is 0 Å². The fourth-order valence-electron chi connectivity index (χ4n) is 1.66. The lowest BCUT2D eigenvalue weighted by Crippen LogP contribution is -2.36. The third kappa shape index (κ3) is 5.83. The van der Waals surface area contributed by atoms with Gasteiger partial charge in [-0.05, 0) is 25.1 Å². The maximum Gasteiger partial charge on any atom is 0.391 e. The molecule has 114 valence electrons. The minimum atomic E-state index is -4.39. The average molecular weight is 302 g/mol. The number of carbonyl (C=O) groups is 1. The van der Waals surface area contributed by atoms with Crippen molar-refractivity contribution in [3.05, 3.63) is 35.1 Å². The van der Waals surface area contributed by atoms with Gasteiger partial charge in [0.15, 0.2) is 0 Å². The zero-order chi connectivity index (χ0) is 16.0. The lowest BCUT2D eigenvalue weighted by molar-refractivity contribution is -0.138. The van der Waals surface area contributed by atoms with Crippen molar-refractivity contribution in [2.75, 3.05) is 6.54 Å². The summed E-state index contributed by atoms with van der Waals surface area (Å²) in [5.41, 5.74) is 5.30. The lowest BCUT2D eigenvalue weighted by Gasteiger charge is -2.16. The SMILES string of the molecule is CC(CC(F)(F)F)NC(=O)c1cc(F)ccc1C#CCN. The van der Waals surface area contributed by atoms with Crippen molar-refractivity contribution >= 4 is 5.91 Å². The molecule has 1 rings (SSSR count). The third-order valence-electron chi connectivity index (χ3n) is 2.47. The summed E-state index contributed by atoms with van der Waals surface area (Å²) in [5, 5.41) is 2.17. The number of halogens is 4. The van der Waals surface area contributed by atoms with Gasteiger partial charge in [0.05, 0.1) is 18.5 Å². The van der Waals surface area contributed by atoms with E-state index in [1.807, 2.05) is 0 Å². The highest BCUT2D eigenvalue weighted by atomic mass is 19.4. The average Bonchev–Trinajstić information content (AvgIpc) is 2.34. The van der Waals surface area contributed by atoms with E-state index in [9.17, 15) is 22.4 Å². The van der Waals surface area contributed by atoms with Crippen LogP contribution in [0, 0.1) is 17.7 Å².